The van der Waals surface area contributed by atoms with Gasteiger partial charge >= 0.3 is 0 Å². The van der Waals surface area contributed by atoms with E-state index in [1.165, 1.54) is 23.9 Å². The molecule has 102 valence electrons. The third-order valence-corrected chi connectivity index (χ3v) is 4.37. The zero-order valence-corrected chi connectivity index (χ0v) is 12.0. The number of benzene rings is 1. The molecule has 0 aliphatic rings. The highest BCUT2D eigenvalue weighted by atomic mass is 32.2. The molecule has 0 saturated carbocycles. The second-order valence-corrected chi connectivity index (χ2v) is 6.41. The van der Waals surface area contributed by atoms with Crippen LogP contribution in [0.2, 0.25) is 0 Å². The number of hydrogen-bond acceptors (Lipinski definition) is 4. The van der Waals surface area contributed by atoms with E-state index >= 15 is 0 Å². The van der Waals surface area contributed by atoms with Crippen LogP contribution in [-0.4, -0.2) is 34.0 Å². The summed E-state index contributed by atoms with van der Waals surface area (Å²) >= 11 is 1.52. The molecule has 0 fully saturated rings. The average molecular weight is 292 g/mol. The van der Waals surface area contributed by atoms with E-state index in [1.807, 2.05) is 6.26 Å². The van der Waals surface area contributed by atoms with Gasteiger partial charge in [0.2, 0.25) is 10.0 Å². The molecule has 0 heterocycles. The molecule has 0 spiro atoms. The van der Waals surface area contributed by atoms with E-state index in [2.05, 4.69) is 10.0 Å². The maximum atomic E-state index is 13.7. The third kappa shape index (κ3) is 4.24. The minimum Gasteiger partial charge on any atom is -0.316 e. The summed E-state index contributed by atoms with van der Waals surface area (Å²) in [5, 5.41) is 2.88. The van der Waals surface area contributed by atoms with Crippen LogP contribution in [0.3, 0.4) is 0 Å². The van der Waals surface area contributed by atoms with Crippen LogP contribution >= 0.6 is 11.8 Å². The Morgan fingerprint density at radius 1 is 1.39 bits per heavy atom. The van der Waals surface area contributed by atoms with Crippen LogP contribution in [0.1, 0.15) is 5.56 Å². The molecule has 0 bridgehead atoms. The lowest BCUT2D eigenvalue weighted by Gasteiger charge is -2.08. The first-order valence-electron chi connectivity index (χ1n) is 5.43. The summed E-state index contributed by atoms with van der Waals surface area (Å²) in [5.74, 6) is -0.0713. The van der Waals surface area contributed by atoms with E-state index in [-0.39, 0.29) is 4.90 Å². The third-order valence-electron chi connectivity index (χ3n) is 2.26. The Bertz CT molecular complexity index is 492. The van der Waals surface area contributed by atoms with Crippen molar-refractivity contribution in [3.05, 3.63) is 29.6 Å². The van der Waals surface area contributed by atoms with E-state index in [9.17, 15) is 12.8 Å². The summed E-state index contributed by atoms with van der Waals surface area (Å²) in [6.45, 7) is 0.790. The van der Waals surface area contributed by atoms with E-state index < -0.39 is 15.8 Å². The van der Waals surface area contributed by atoms with Gasteiger partial charge < -0.3 is 5.32 Å². The van der Waals surface area contributed by atoms with Crippen LogP contribution in [-0.2, 0) is 16.6 Å². The van der Waals surface area contributed by atoms with Crippen molar-refractivity contribution in [1.29, 1.82) is 0 Å². The van der Waals surface area contributed by atoms with Crippen LogP contribution in [0.4, 0.5) is 4.39 Å². The molecule has 18 heavy (non-hydrogen) atoms. The van der Waals surface area contributed by atoms with Crippen molar-refractivity contribution in [2.24, 2.45) is 0 Å². The van der Waals surface area contributed by atoms with E-state index in [1.54, 1.807) is 13.1 Å². The molecule has 0 atom stereocenters. The molecule has 7 heteroatoms. The summed E-state index contributed by atoms with van der Waals surface area (Å²) < 4.78 is 39.7. The Balaban J connectivity index is 2.88. The molecule has 0 aromatic heterocycles. The van der Waals surface area contributed by atoms with Crippen LogP contribution in [0, 0.1) is 5.82 Å². The molecule has 0 aliphatic heterocycles. The second-order valence-electron chi connectivity index (χ2n) is 3.69. The predicted octanol–water partition coefficient (Wildman–Crippen LogP) is 1.19. The second kappa shape index (κ2) is 7.08. The fourth-order valence-corrected chi connectivity index (χ4v) is 2.96. The molecular formula is C11H17FN2O2S2. The highest BCUT2D eigenvalue weighted by Gasteiger charge is 2.18. The van der Waals surface area contributed by atoms with Crippen LogP contribution in [0.25, 0.3) is 0 Å². The van der Waals surface area contributed by atoms with Gasteiger partial charge in [-0.1, -0.05) is 6.07 Å². The van der Waals surface area contributed by atoms with E-state index in [4.69, 9.17) is 0 Å². The minimum atomic E-state index is -3.75. The molecule has 2 N–H and O–H groups in total. The highest BCUT2D eigenvalue weighted by Crippen LogP contribution is 2.16. The summed E-state index contributed by atoms with van der Waals surface area (Å²) in [5.41, 5.74) is 0.707. The van der Waals surface area contributed by atoms with Gasteiger partial charge in [0.1, 0.15) is 10.7 Å². The molecule has 1 rings (SSSR count). The van der Waals surface area contributed by atoms with Gasteiger partial charge in [0.25, 0.3) is 0 Å². The van der Waals surface area contributed by atoms with Crippen molar-refractivity contribution in [3.8, 4) is 0 Å². The molecular weight excluding hydrogens is 275 g/mol. The Morgan fingerprint density at radius 2 is 2.11 bits per heavy atom. The first kappa shape index (κ1) is 15.4. The van der Waals surface area contributed by atoms with Crippen molar-refractivity contribution >= 4 is 21.8 Å². The summed E-state index contributed by atoms with van der Waals surface area (Å²) in [6.07, 6.45) is 1.88. The van der Waals surface area contributed by atoms with Gasteiger partial charge in [-0.2, -0.15) is 11.8 Å². The Labute approximate surface area is 111 Å². The molecule has 0 saturated heterocycles. The first-order valence-corrected chi connectivity index (χ1v) is 8.30. The average Bonchev–Trinajstić information content (AvgIpc) is 2.29. The minimum absolute atomic E-state index is 0.293. The Morgan fingerprint density at radius 3 is 2.67 bits per heavy atom. The Kier molecular flexibility index (Phi) is 6.07. The fraction of sp³-hybridized carbons (Fsp3) is 0.455. The number of thioether (sulfide) groups is 1. The molecule has 4 nitrogen and oxygen atoms in total. The predicted molar refractivity (Wildman–Crippen MR) is 72.7 cm³/mol. The molecule has 0 amide bonds. The highest BCUT2D eigenvalue weighted by molar-refractivity contribution is 7.98. The maximum absolute atomic E-state index is 13.7. The number of hydrogen-bond donors (Lipinski definition) is 2. The number of halogens is 1. The van der Waals surface area contributed by atoms with Crippen molar-refractivity contribution < 1.29 is 12.8 Å². The zero-order valence-electron chi connectivity index (χ0n) is 10.4. The number of sulfonamides is 1. The lowest BCUT2D eigenvalue weighted by molar-refractivity contribution is 0.557. The normalized spacial score (nSPS) is 11.7. The van der Waals surface area contributed by atoms with Gasteiger partial charge in [0.15, 0.2) is 0 Å². The van der Waals surface area contributed by atoms with Crippen molar-refractivity contribution in [1.82, 2.24) is 10.0 Å². The first-order chi connectivity index (χ1) is 8.51. The molecule has 1 aromatic rings. The van der Waals surface area contributed by atoms with Crippen LogP contribution < -0.4 is 10.0 Å². The topological polar surface area (TPSA) is 58.2 Å². The number of nitrogens with one attached hydrogen (secondary N) is 2. The molecule has 0 radical (unpaired) electrons. The number of rotatable bonds is 7. The smallest absolute Gasteiger partial charge is 0.243 e. The summed E-state index contributed by atoms with van der Waals surface area (Å²) in [7, 11) is -2.01. The zero-order chi connectivity index (χ0) is 13.6. The SMILES string of the molecule is CNCc1ccc(S(=O)(=O)NCCSC)c(F)c1. The van der Waals surface area contributed by atoms with Crippen molar-refractivity contribution in [3.63, 3.8) is 0 Å². The van der Waals surface area contributed by atoms with Gasteiger partial charge in [-0.3, -0.25) is 0 Å². The maximum Gasteiger partial charge on any atom is 0.243 e. The quantitative estimate of drug-likeness (QED) is 0.741. The molecule has 0 aliphatic carbocycles. The lowest BCUT2D eigenvalue weighted by atomic mass is 10.2. The molecule has 0 unspecified atom stereocenters. The van der Waals surface area contributed by atoms with Gasteiger partial charge in [-0.15, -0.1) is 0 Å². The van der Waals surface area contributed by atoms with Gasteiger partial charge in [0.05, 0.1) is 0 Å². The summed E-state index contributed by atoms with van der Waals surface area (Å²) in [4.78, 5) is -0.302. The Hall–Kier alpha value is -0.630. The lowest BCUT2D eigenvalue weighted by Crippen LogP contribution is -2.26. The largest absolute Gasteiger partial charge is 0.316 e. The van der Waals surface area contributed by atoms with Gasteiger partial charge in [0, 0.05) is 18.8 Å². The summed E-state index contributed by atoms with van der Waals surface area (Å²) in [6, 6.07) is 4.13. The van der Waals surface area contributed by atoms with Gasteiger partial charge in [-0.25, -0.2) is 17.5 Å². The molecule has 1 aromatic carbocycles. The van der Waals surface area contributed by atoms with Crippen molar-refractivity contribution in [2.45, 2.75) is 11.4 Å². The monoisotopic (exact) mass is 292 g/mol. The van der Waals surface area contributed by atoms with Crippen LogP contribution in [0.15, 0.2) is 23.1 Å². The van der Waals surface area contributed by atoms with Crippen LogP contribution in [0.5, 0.6) is 0 Å². The standard InChI is InChI=1S/C11H17FN2O2S2/c1-13-8-9-3-4-11(10(12)7-9)18(15,16)14-5-6-17-2/h3-4,7,13-14H,5-6,8H2,1-2H3. The fourth-order valence-electron chi connectivity index (χ4n) is 1.43. The van der Waals surface area contributed by atoms with Gasteiger partial charge in [-0.05, 0) is 31.0 Å². The van der Waals surface area contributed by atoms with E-state index in [0.29, 0.717) is 24.4 Å². The van der Waals surface area contributed by atoms with Crippen molar-refractivity contribution in [2.75, 3.05) is 25.6 Å². The van der Waals surface area contributed by atoms with E-state index in [0.717, 1.165) is 0 Å².